The first kappa shape index (κ1) is 19.8. The van der Waals surface area contributed by atoms with Gasteiger partial charge in [0.25, 0.3) is 20.2 Å². The first-order valence-electron chi connectivity index (χ1n) is 7.45. The largest absolute Gasteiger partial charge is 0.325 e. The lowest BCUT2D eigenvalue weighted by Crippen LogP contribution is -2.47. The van der Waals surface area contributed by atoms with Crippen molar-refractivity contribution < 1.29 is 30.4 Å². The first-order chi connectivity index (χ1) is 9.99. The van der Waals surface area contributed by atoms with E-state index in [1.165, 1.54) is 0 Å². The molecule has 0 bridgehead atoms. The van der Waals surface area contributed by atoms with Crippen LogP contribution < -0.4 is 0 Å². The van der Waals surface area contributed by atoms with Crippen LogP contribution in [-0.4, -0.2) is 93.1 Å². The van der Waals surface area contributed by atoms with E-state index in [-0.39, 0.29) is 11.5 Å². The van der Waals surface area contributed by atoms with Gasteiger partial charge in [-0.15, -0.1) is 0 Å². The lowest BCUT2D eigenvalue weighted by molar-refractivity contribution is -0.907. The van der Waals surface area contributed by atoms with E-state index >= 15 is 0 Å². The van der Waals surface area contributed by atoms with E-state index in [1.54, 1.807) is 0 Å². The lowest BCUT2D eigenvalue weighted by Gasteiger charge is -2.33. The van der Waals surface area contributed by atoms with Gasteiger partial charge in [-0.05, 0) is 13.0 Å². The number of hydrogen-bond donors (Lipinski definition) is 2. The number of quaternary nitrogens is 1. The summed E-state index contributed by atoms with van der Waals surface area (Å²) in [4.78, 5) is 2.18. The maximum absolute atomic E-state index is 10.8. The van der Waals surface area contributed by atoms with Crippen molar-refractivity contribution in [3.63, 3.8) is 0 Å². The number of nitrogens with zero attached hydrogens (tertiary/aromatic N) is 2. The van der Waals surface area contributed by atoms with Gasteiger partial charge in [-0.25, -0.2) is 0 Å². The van der Waals surface area contributed by atoms with E-state index in [1.807, 2.05) is 0 Å². The zero-order valence-electron chi connectivity index (χ0n) is 13.0. The van der Waals surface area contributed by atoms with E-state index in [0.29, 0.717) is 25.9 Å². The maximum atomic E-state index is 10.8. The molecular weight excluding hydrogens is 332 g/mol. The van der Waals surface area contributed by atoms with Gasteiger partial charge in [-0.3, -0.25) is 14.0 Å². The highest BCUT2D eigenvalue weighted by atomic mass is 32.2. The van der Waals surface area contributed by atoms with Gasteiger partial charge < -0.3 is 4.48 Å². The van der Waals surface area contributed by atoms with Crippen molar-refractivity contribution in [2.75, 3.05) is 57.8 Å². The second-order valence-electron chi connectivity index (χ2n) is 6.26. The summed E-state index contributed by atoms with van der Waals surface area (Å²) in [6.07, 6.45) is 1.79. The van der Waals surface area contributed by atoms with Crippen molar-refractivity contribution >= 4 is 20.2 Å². The van der Waals surface area contributed by atoms with Crippen LogP contribution in [0.5, 0.6) is 0 Å². The fourth-order valence-electron chi connectivity index (χ4n) is 2.83. The first-order valence-corrected chi connectivity index (χ1v) is 10.7. The van der Waals surface area contributed by atoms with Crippen molar-refractivity contribution in [1.82, 2.24) is 4.90 Å². The molecule has 0 aromatic rings. The number of hydrogen-bond acceptors (Lipinski definition) is 5. The van der Waals surface area contributed by atoms with Crippen LogP contribution in [0.3, 0.4) is 0 Å². The van der Waals surface area contributed by atoms with Gasteiger partial charge in [-0.1, -0.05) is 0 Å². The molecule has 1 saturated heterocycles. The number of likely N-dealkylation sites (N-methyl/N-ethyl adjacent to an activating group) is 1. The fourth-order valence-corrected chi connectivity index (χ4v) is 3.82. The molecule has 1 aliphatic heterocycles. The molecule has 22 heavy (non-hydrogen) atoms. The van der Waals surface area contributed by atoms with E-state index in [9.17, 15) is 16.8 Å². The van der Waals surface area contributed by atoms with Gasteiger partial charge in [-0.2, -0.15) is 16.8 Å². The summed E-state index contributed by atoms with van der Waals surface area (Å²) in [7, 11) is -5.72. The Kier molecular flexibility index (Phi) is 7.21. The van der Waals surface area contributed by atoms with Crippen LogP contribution in [-0.2, 0) is 20.2 Å². The van der Waals surface area contributed by atoms with Gasteiger partial charge in [0.2, 0.25) is 0 Å². The van der Waals surface area contributed by atoms with Gasteiger partial charge >= 0.3 is 0 Å². The Morgan fingerprint density at radius 2 is 1.55 bits per heavy atom. The Hall–Kier alpha value is -0.260. The molecule has 0 aromatic heterocycles. The standard InChI is InChI=1S/C12H26N2O6S2/c1-14(9-4-12-22(18,19)20)8-2-5-13(7-10-14)6-3-11-21(15,16)17/h2-12H2,1H3,(H-,15,16,17,18,19,20)/p+1. The van der Waals surface area contributed by atoms with Crippen LogP contribution in [0.15, 0.2) is 0 Å². The molecule has 2 N–H and O–H groups in total. The summed E-state index contributed by atoms with van der Waals surface area (Å²) >= 11 is 0. The van der Waals surface area contributed by atoms with Crippen LogP contribution >= 0.6 is 0 Å². The molecule has 0 spiro atoms. The Morgan fingerprint density at radius 1 is 0.955 bits per heavy atom. The SMILES string of the molecule is C[N+]1(CCCS(=O)(=O)O)CCCN(CCCS(=O)(=O)O)CC1. The smallest absolute Gasteiger partial charge is 0.265 e. The lowest BCUT2D eigenvalue weighted by atomic mass is 10.3. The third kappa shape index (κ3) is 9.01. The van der Waals surface area contributed by atoms with Crippen LogP contribution in [0.1, 0.15) is 19.3 Å². The predicted molar refractivity (Wildman–Crippen MR) is 83.9 cm³/mol. The average Bonchev–Trinajstić information content (AvgIpc) is 2.49. The maximum Gasteiger partial charge on any atom is 0.265 e. The molecule has 1 unspecified atom stereocenters. The normalized spacial score (nSPS) is 25.0. The predicted octanol–water partition coefficient (Wildman–Crippen LogP) is -0.305. The molecule has 1 aliphatic rings. The van der Waals surface area contributed by atoms with Gasteiger partial charge in [0, 0.05) is 25.9 Å². The molecule has 0 aromatic carbocycles. The molecule has 0 aliphatic carbocycles. The van der Waals surface area contributed by atoms with Crippen molar-refractivity contribution in [2.24, 2.45) is 0 Å². The minimum Gasteiger partial charge on any atom is -0.325 e. The molecular formula is C12H27N2O6S2+. The highest BCUT2D eigenvalue weighted by Crippen LogP contribution is 2.12. The van der Waals surface area contributed by atoms with Crippen LogP contribution in [0.25, 0.3) is 0 Å². The van der Waals surface area contributed by atoms with Crippen LogP contribution in [0, 0.1) is 0 Å². The summed E-state index contributed by atoms with van der Waals surface area (Å²) < 4.78 is 61.2. The summed E-state index contributed by atoms with van der Waals surface area (Å²) in [6, 6.07) is 0. The summed E-state index contributed by atoms with van der Waals surface area (Å²) in [5, 5.41) is 0. The molecule has 1 heterocycles. The van der Waals surface area contributed by atoms with Crippen molar-refractivity contribution in [3.8, 4) is 0 Å². The summed E-state index contributed by atoms with van der Waals surface area (Å²) in [6.45, 7) is 4.80. The third-order valence-corrected chi connectivity index (χ3v) is 5.71. The van der Waals surface area contributed by atoms with Gasteiger partial charge in [0.15, 0.2) is 0 Å². The Balaban J connectivity index is 2.37. The second kappa shape index (κ2) is 8.02. The van der Waals surface area contributed by atoms with Gasteiger partial charge in [0.1, 0.15) is 0 Å². The summed E-state index contributed by atoms with van der Waals surface area (Å²) in [5.41, 5.74) is 0. The van der Waals surface area contributed by atoms with Crippen molar-refractivity contribution in [3.05, 3.63) is 0 Å². The average molecular weight is 359 g/mol. The topological polar surface area (TPSA) is 112 Å². The molecule has 0 saturated carbocycles. The highest BCUT2D eigenvalue weighted by Gasteiger charge is 2.26. The van der Waals surface area contributed by atoms with Crippen molar-refractivity contribution in [1.29, 1.82) is 0 Å². The fraction of sp³-hybridized carbons (Fsp3) is 1.00. The molecule has 10 heteroatoms. The van der Waals surface area contributed by atoms with Crippen LogP contribution in [0.4, 0.5) is 0 Å². The Bertz CT molecular complexity index is 548. The molecule has 1 rings (SSSR count). The van der Waals surface area contributed by atoms with Crippen LogP contribution in [0.2, 0.25) is 0 Å². The van der Waals surface area contributed by atoms with E-state index in [4.69, 9.17) is 9.11 Å². The minimum absolute atomic E-state index is 0.209. The molecule has 0 amide bonds. The monoisotopic (exact) mass is 359 g/mol. The molecule has 132 valence electrons. The van der Waals surface area contributed by atoms with E-state index < -0.39 is 20.2 Å². The quantitative estimate of drug-likeness (QED) is 0.452. The molecule has 1 fully saturated rings. The highest BCUT2D eigenvalue weighted by molar-refractivity contribution is 7.86. The van der Waals surface area contributed by atoms with Gasteiger partial charge in [0.05, 0.1) is 38.2 Å². The zero-order chi connectivity index (χ0) is 16.9. The third-order valence-electron chi connectivity index (χ3n) is 4.11. The molecule has 8 nitrogen and oxygen atoms in total. The Labute approximate surface area is 133 Å². The molecule has 1 atom stereocenters. The Morgan fingerprint density at radius 3 is 2.14 bits per heavy atom. The minimum atomic E-state index is -3.90. The number of rotatable bonds is 8. The molecule has 0 radical (unpaired) electrons. The second-order valence-corrected chi connectivity index (χ2v) is 9.41. The summed E-state index contributed by atoms with van der Waals surface area (Å²) in [5.74, 6) is -0.428. The van der Waals surface area contributed by atoms with E-state index in [0.717, 1.165) is 37.1 Å². The van der Waals surface area contributed by atoms with E-state index in [2.05, 4.69) is 11.9 Å². The zero-order valence-corrected chi connectivity index (χ0v) is 14.6. The van der Waals surface area contributed by atoms with Crippen molar-refractivity contribution in [2.45, 2.75) is 19.3 Å².